The zero-order valence-corrected chi connectivity index (χ0v) is 7.75. The molecular weight excluding hydrogens is 138 g/mol. The lowest BCUT2D eigenvalue weighted by atomic mass is 9.90. The highest BCUT2D eigenvalue weighted by atomic mass is 16.3. The van der Waals surface area contributed by atoms with Gasteiger partial charge in [0.25, 0.3) is 0 Å². The van der Waals surface area contributed by atoms with Crippen molar-refractivity contribution in [1.29, 1.82) is 0 Å². The average molecular weight is 157 g/mol. The van der Waals surface area contributed by atoms with E-state index in [1.165, 1.54) is 19.3 Å². The molecule has 0 radical (unpaired) electrons. The lowest BCUT2D eigenvalue weighted by Crippen LogP contribution is -2.46. The van der Waals surface area contributed by atoms with Gasteiger partial charge in [0.1, 0.15) is 0 Å². The zero-order valence-electron chi connectivity index (χ0n) is 7.75. The summed E-state index contributed by atoms with van der Waals surface area (Å²) in [5.74, 6) is 0. The Kier molecular flexibility index (Phi) is 2.90. The second kappa shape index (κ2) is 3.55. The van der Waals surface area contributed by atoms with Gasteiger partial charge in [-0.1, -0.05) is 6.42 Å². The van der Waals surface area contributed by atoms with Gasteiger partial charge >= 0.3 is 0 Å². The minimum Gasteiger partial charge on any atom is -0.392 e. The maximum atomic E-state index is 9.32. The lowest BCUT2D eigenvalue weighted by Gasteiger charge is -2.39. The second-order valence-corrected chi connectivity index (χ2v) is 3.73. The van der Waals surface area contributed by atoms with Gasteiger partial charge in [-0.3, -0.25) is 4.90 Å². The first-order valence-electron chi connectivity index (χ1n) is 4.53. The summed E-state index contributed by atoms with van der Waals surface area (Å²) in [4.78, 5) is 2.30. The zero-order chi connectivity index (χ0) is 8.43. The Bertz CT molecular complexity index is 121. The molecule has 0 spiro atoms. The van der Waals surface area contributed by atoms with Gasteiger partial charge in [-0.25, -0.2) is 0 Å². The van der Waals surface area contributed by atoms with Gasteiger partial charge < -0.3 is 5.11 Å². The van der Waals surface area contributed by atoms with E-state index in [2.05, 4.69) is 18.9 Å². The first kappa shape index (κ1) is 9.01. The number of nitrogens with zero attached hydrogens (tertiary/aromatic N) is 1. The minimum absolute atomic E-state index is 0.208. The number of aliphatic hydroxyl groups is 1. The van der Waals surface area contributed by atoms with E-state index in [1.807, 2.05) is 6.92 Å². The molecule has 1 saturated carbocycles. The van der Waals surface area contributed by atoms with Crippen LogP contribution in [-0.4, -0.2) is 35.2 Å². The number of rotatable bonds is 3. The fourth-order valence-electron chi connectivity index (χ4n) is 1.47. The highest BCUT2D eigenvalue weighted by molar-refractivity contribution is 4.82. The average Bonchev–Trinajstić information content (AvgIpc) is 1.82. The molecular formula is C9H19NO. The third kappa shape index (κ3) is 1.94. The van der Waals surface area contributed by atoms with Crippen molar-refractivity contribution in [2.45, 2.75) is 51.3 Å². The molecule has 2 nitrogen and oxygen atoms in total. The van der Waals surface area contributed by atoms with Crippen molar-refractivity contribution < 1.29 is 5.11 Å². The largest absolute Gasteiger partial charge is 0.392 e. The monoisotopic (exact) mass is 157 g/mol. The van der Waals surface area contributed by atoms with Gasteiger partial charge in [0, 0.05) is 12.1 Å². The molecule has 0 aromatic rings. The van der Waals surface area contributed by atoms with E-state index >= 15 is 0 Å². The van der Waals surface area contributed by atoms with Crippen molar-refractivity contribution in [2.24, 2.45) is 0 Å². The topological polar surface area (TPSA) is 23.5 Å². The smallest absolute Gasteiger partial charge is 0.0664 e. The Balaban J connectivity index is 2.32. The third-order valence-corrected chi connectivity index (χ3v) is 2.99. The summed E-state index contributed by atoms with van der Waals surface area (Å²) in [6.45, 7) is 3.95. The maximum Gasteiger partial charge on any atom is 0.0664 e. The fourth-order valence-corrected chi connectivity index (χ4v) is 1.47. The molecule has 0 aromatic carbocycles. The van der Waals surface area contributed by atoms with Crippen LogP contribution >= 0.6 is 0 Å². The molecule has 1 rings (SSSR count). The molecule has 1 aliphatic rings. The molecule has 0 heterocycles. The van der Waals surface area contributed by atoms with E-state index in [-0.39, 0.29) is 6.10 Å². The molecule has 1 aliphatic carbocycles. The van der Waals surface area contributed by atoms with Gasteiger partial charge in [-0.05, 0) is 33.7 Å². The molecule has 2 unspecified atom stereocenters. The predicted molar refractivity (Wildman–Crippen MR) is 46.5 cm³/mol. The van der Waals surface area contributed by atoms with Gasteiger partial charge in [-0.2, -0.15) is 0 Å². The van der Waals surface area contributed by atoms with E-state index in [9.17, 15) is 5.11 Å². The maximum absolute atomic E-state index is 9.32. The van der Waals surface area contributed by atoms with Crippen LogP contribution in [0.3, 0.4) is 0 Å². The first-order chi connectivity index (χ1) is 5.13. The normalized spacial score (nSPS) is 24.8. The molecule has 1 fully saturated rings. The van der Waals surface area contributed by atoms with E-state index in [0.29, 0.717) is 6.04 Å². The Labute approximate surface area is 69.2 Å². The van der Waals surface area contributed by atoms with Crippen molar-refractivity contribution in [3.63, 3.8) is 0 Å². The van der Waals surface area contributed by atoms with Crippen molar-refractivity contribution in [3.8, 4) is 0 Å². The van der Waals surface area contributed by atoms with Gasteiger partial charge in [0.05, 0.1) is 6.10 Å². The van der Waals surface area contributed by atoms with Crippen LogP contribution in [0.15, 0.2) is 0 Å². The van der Waals surface area contributed by atoms with Crippen molar-refractivity contribution >= 4 is 0 Å². The number of hydrogen-bond acceptors (Lipinski definition) is 2. The van der Waals surface area contributed by atoms with Crippen LogP contribution in [0.25, 0.3) is 0 Å². The van der Waals surface area contributed by atoms with Gasteiger partial charge in [0.15, 0.2) is 0 Å². The van der Waals surface area contributed by atoms with Gasteiger partial charge in [0.2, 0.25) is 0 Å². The second-order valence-electron chi connectivity index (χ2n) is 3.73. The quantitative estimate of drug-likeness (QED) is 0.666. The molecule has 0 saturated heterocycles. The Morgan fingerprint density at radius 2 is 1.91 bits per heavy atom. The third-order valence-electron chi connectivity index (χ3n) is 2.99. The molecule has 11 heavy (non-hydrogen) atoms. The summed E-state index contributed by atoms with van der Waals surface area (Å²) in [5, 5.41) is 9.32. The molecule has 0 aliphatic heterocycles. The van der Waals surface area contributed by atoms with E-state index in [4.69, 9.17) is 0 Å². The summed E-state index contributed by atoms with van der Waals surface area (Å²) in [6.07, 6.45) is 3.78. The molecule has 0 amide bonds. The fraction of sp³-hybridized carbons (Fsp3) is 1.00. The molecule has 1 N–H and O–H groups in total. The van der Waals surface area contributed by atoms with E-state index in [1.54, 1.807) is 0 Å². The van der Waals surface area contributed by atoms with Crippen LogP contribution in [0.4, 0.5) is 0 Å². The molecule has 0 bridgehead atoms. The van der Waals surface area contributed by atoms with Crippen molar-refractivity contribution in [3.05, 3.63) is 0 Å². The van der Waals surface area contributed by atoms with Crippen LogP contribution in [0.5, 0.6) is 0 Å². The van der Waals surface area contributed by atoms with E-state index < -0.39 is 0 Å². The Hall–Kier alpha value is -0.0800. The minimum atomic E-state index is -0.208. The molecule has 66 valence electrons. The van der Waals surface area contributed by atoms with Crippen LogP contribution in [0, 0.1) is 0 Å². The van der Waals surface area contributed by atoms with Crippen LogP contribution in [0.1, 0.15) is 33.1 Å². The highest BCUT2D eigenvalue weighted by Gasteiger charge is 2.26. The van der Waals surface area contributed by atoms with Crippen LogP contribution in [0.2, 0.25) is 0 Å². The summed E-state index contributed by atoms with van der Waals surface area (Å²) >= 11 is 0. The standard InChI is InChI=1S/C9H19NO/c1-7(8(2)11)10(3)9-5-4-6-9/h7-9,11H,4-6H2,1-3H3. The summed E-state index contributed by atoms with van der Waals surface area (Å²) < 4.78 is 0. The van der Waals surface area contributed by atoms with Crippen molar-refractivity contribution in [2.75, 3.05) is 7.05 Å². The number of aliphatic hydroxyl groups excluding tert-OH is 1. The molecule has 2 atom stereocenters. The molecule has 0 aromatic heterocycles. The molecule has 2 heteroatoms. The van der Waals surface area contributed by atoms with Gasteiger partial charge in [-0.15, -0.1) is 0 Å². The van der Waals surface area contributed by atoms with E-state index in [0.717, 1.165) is 6.04 Å². The number of hydrogen-bond donors (Lipinski definition) is 1. The Morgan fingerprint density at radius 3 is 2.18 bits per heavy atom. The first-order valence-corrected chi connectivity index (χ1v) is 4.53. The predicted octanol–water partition coefficient (Wildman–Crippen LogP) is 1.24. The summed E-state index contributed by atoms with van der Waals surface area (Å²) in [6, 6.07) is 1.04. The Morgan fingerprint density at radius 1 is 1.36 bits per heavy atom. The van der Waals surface area contributed by atoms with Crippen LogP contribution < -0.4 is 0 Å². The highest BCUT2D eigenvalue weighted by Crippen LogP contribution is 2.25. The summed E-state index contributed by atoms with van der Waals surface area (Å²) in [7, 11) is 2.11. The number of likely N-dealkylation sites (N-methyl/N-ethyl adjacent to an activating group) is 1. The summed E-state index contributed by atoms with van der Waals surface area (Å²) in [5.41, 5.74) is 0. The SMILES string of the molecule is CC(O)C(C)N(C)C1CCC1. The lowest BCUT2D eigenvalue weighted by molar-refractivity contribution is 0.0369. The van der Waals surface area contributed by atoms with Crippen molar-refractivity contribution in [1.82, 2.24) is 4.90 Å². The van der Waals surface area contributed by atoms with Crippen LogP contribution in [-0.2, 0) is 0 Å².